The first-order valence-electron chi connectivity index (χ1n) is 7.34. The second kappa shape index (κ2) is 7.95. The fourth-order valence-electron chi connectivity index (χ4n) is 1.93. The molecule has 9 heteroatoms. The van der Waals surface area contributed by atoms with Gasteiger partial charge in [0.1, 0.15) is 5.76 Å². The van der Waals surface area contributed by atoms with Gasteiger partial charge in [0, 0.05) is 7.05 Å². The fourth-order valence-corrected chi connectivity index (χ4v) is 2.95. The molecule has 0 spiro atoms. The van der Waals surface area contributed by atoms with Gasteiger partial charge in [-0.2, -0.15) is 0 Å². The van der Waals surface area contributed by atoms with Crippen molar-refractivity contribution in [1.82, 2.24) is 10.0 Å². The number of rotatable bonds is 7. The van der Waals surface area contributed by atoms with E-state index >= 15 is 0 Å². The van der Waals surface area contributed by atoms with Crippen LogP contribution in [0.5, 0.6) is 0 Å². The summed E-state index contributed by atoms with van der Waals surface area (Å²) in [5, 5.41) is 2.32. The van der Waals surface area contributed by atoms with Crippen LogP contribution in [-0.4, -0.2) is 33.9 Å². The van der Waals surface area contributed by atoms with Crippen molar-refractivity contribution in [2.45, 2.75) is 18.4 Å². The van der Waals surface area contributed by atoms with E-state index in [2.05, 4.69) is 10.0 Å². The summed E-state index contributed by atoms with van der Waals surface area (Å²) in [5.74, 6) is -0.778. The third kappa shape index (κ3) is 4.91. The number of carbonyl (C=O) groups is 2. The summed E-state index contributed by atoms with van der Waals surface area (Å²) in [7, 11) is -2.43. The Balaban J connectivity index is 2.16. The number of amides is 1. The molecule has 1 aromatic heterocycles. The molecule has 1 heterocycles. The summed E-state index contributed by atoms with van der Waals surface area (Å²) in [5.41, 5.74) is 0.608. The molecule has 0 saturated heterocycles. The van der Waals surface area contributed by atoms with E-state index in [-0.39, 0.29) is 17.0 Å². The van der Waals surface area contributed by atoms with Gasteiger partial charge < -0.3 is 14.5 Å². The standard InChI is InChI=1S/C16H18N2O6S/c1-11-5-6-13(8-14(11)16(20)24-10-15(19)17-2)25(21,22)18-9-12-4-3-7-23-12/h3-8,18H,9-10H2,1-2H3,(H,17,19). The first-order chi connectivity index (χ1) is 11.8. The van der Waals surface area contributed by atoms with E-state index < -0.39 is 28.5 Å². The number of hydrogen-bond acceptors (Lipinski definition) is 6. The van der Waals surface area contributed by atoms with Crippen molar-refractivity contribution in [1.29, 1.82) is 0 Å². The molecule has 0 unspecified atom stereocenters. The van der Waals surface area contributed by atoms with Crippen LogP contribution in [0.4, 0.5) is 0 Å². The van der Waals surface area contributed by atoms with Crippen LogP contribution in [0.2, 0.25) is 0 Å². The molecule has 2 N–H and O–H groups in total. The van der Waals surface area contributed by atoms with Crippen molar-refractivity contribution in [3.05, 3.63) is 53.5 Å². The molecule has 1 amide bonds. The normalized spacial score (nSPS) is 11.1. The molecule has 0 aliphatic carbocycles. The molecule has 134 valence electrons. The van der Waals surface area contributed by atoms with Gasteiger partial charge >= 0.3 is 5.97 Å². The predicted octanol–water partition coefficient (Wildman–Crippen LogP) is 0.969. The number of sulfonamides is 1. The number of hydrogen-bond donors (Lipinski definition) is 2. The number of furan rings is 1. The lowest BCUT2D eigenvalue weighted by Gasteiger charge is -2.10. The molecule has 0 saturated carbocycles. The van der Waals surface area contributed by atoms with Gasteiger partial charge in [0.2, 0.25) is 10.0 Å². The summed E-state index contributed by atoms with van der Waals surface area (Å²) in [4.78, 5) is 23.1. The molecule has 0 fully saturated rings. The Morgan fingerprint density at radius 3 is 2.64 bits per heavy atom. The van der Waals surface area contributed by atoms with Crippen molar-refractivity contribution in [3.8, 4) is 0 Å². The summed E-state index contributed by atoms with van der Waals surface area (Å²) in [6.45, 7) is 1.19. The second-order valence-electron chi connectivity index (χ2n) is 5.13. The number of carbonyl (C=O) groups excluding carboxylic acids is 2. The molecule has 0 bridgehead atoms. The topological polar surface area (TPSA) is 115 Å². The lowest BCUT2D eigenvalue weighted by Crippen LogP contribution is -2.26. The highest BCUT2D eigenvalue weighted by molar-refractivity contribution is 7.89. The van der Waals surface area contributed by atoms with Crippen molar-refractivity contribution < 1.29 is 27.2 Å². The minimum Gasteiger partial charge on any atom is -0.468 e. The number of benzene rings is 1. The average Bonchev–Trinajstić information content (AvgIpc) is 3.11. The van der Waals surface area contributed by atoms with E-state index in [1.165, 1.54) is 31.5 Å². The Morgan fingerprint density at radius 1 is 1.24 bits per heavy atom. The molecular weight excluding hydrogens is 348 g/mol. The molecule has 8 nitrogen and oxygen atoms in total. The summed E-state index contributed by atoms with van der Waals surface area (Å²) >= 11 is 0. The maximum atomic E-state index is 12.4. The molecule has 0 aliphatic rings. The zero-order chi connectivity index (χ0) is 18.4. The Labute approximate surface area is 145 Å². The first-order valence-corrected chi connectivity index (χ1v) is 8.82. The largest absolute Gasteiger partial charge is 0.468 e. The maximum absolute atomic E-state index is 12.4. The van der Waals surface area contributed by atoms with E-state index in [0.717, 1.165) is 0 Å². The average molecular weight is 366 g/mol. The van der Waals surface area contributed by atoms with Crippen LogP contribution in [0.25, 0.3) is 0 Å². The SMILES string of the molecule is CNC(=O)COC(=O)c1cc(S(=O)(=O)NCc2ccco2)ccc1C. The monoisotopic (exact) mass is 366 g/mol. The second-order valence-corrected chi connectivity index (χ2v) is 6.90. The van der Waals surface area contributed by atoms with E-state index in [4.69, 9.17) is 9.15 Å². The molecule has 0 atom stereocenters. The van der Waals surface area contributed by atoms with Gasteiger partial charge in [0.05, 0.1) is 23.3 Å². The van der Waals surface area contributed by atoms with Crippen LogP contribution in [0.3, 0.4) is 0 Å². The van der Waals surface area contributed by atoms with Crippen molar-refractivity contribution in [3.63, 3.8) is 0 Å². The van der Waals surface area contributed by atoms with Crippen molar-refractivity contribution in [2.75, 3.05) is 13.7 Å². The van der Waals surface area contributed by atoms with E-state index in [1.807, 2.05) is 0 Å². The van der Waals surface area contributed by atoms with E-state index in [9.17, 15) is 18.0 Å². The third-order valence-corrected chi connectivity index (χ3v) is 4.77. The molecule has 1 aromatic carbocycles. The summed E-state index contributed by atoms with van der Waals surface area (Å²) in [6, 6.07) is 7.38. The van der Waals surface area contributed by atoms with Gasteiger partial charge in [-0.3, -0.25) is 4.79 Å². The smallest absolute Gasteiger partial charge is 0.338 e. The Morgan fingerprint density at radius 2 is 2.00 bits per heavy atom. The first kappa shape index (κ1) is 18.7. The number of likely N-dealkylation sites (N-methyl/N-ethyl adjacent to an activating group) is 1. The molecular formula is C16H18N2O6S. The Bertz CT molecular complexity index is 859. The number of aryl methyl sites for hydroxylation is 1. The van der Waals surface area contributed by atoms with E-state index in [1.54, 1.807) is 19.1 Å². The van der Waals surface area contributed by atoms with Gasteiger partial charge in [0.25, 0.3) is 5.91 Å². The van der Waals surface area contributed by atoms with Crippen molar-refractivity contribution in [2.24, 2.45) is 0 Å². The molecule has 0 radical (unpaired) electrons. The minimum atomic E-state index is -3.84. The quantitative estimate of drug-likeness (QED) is 0.706. The van der Waals surface area contributed by atoms with Gasteiger partial charge in [-0.05, 0) is 36.8 Å². The van der Waals surface area contributed by atoms with Crippen LogP contribution in [0, 0.1) is 6.92 Å². The minimum absolute atomic E-state index is 0.0142. The number of esters is 1. The zero-order valence-electron chi connectivity index (χ0n) is 13.7. The van der Waals surface area contributed by atoms with Crippen LogP contribution in [0.1, 0.15) is 21.7 Å². The highest BCUT2D eigenvalue weighted by Crippen LogP contribution is 2.17. The fraction of sp³-hybridized carbons (Fsp3) is 0.250. The lowest BCUT2D eigenvalue weighted by atomic mass is 10.1. The number of nitrogens with one attached hydrogen (secondary N) is 2. The lowest BCUT2D eigenvalue weighted by molar-refractivity contribution is -0.123. The van der Waals surface area contributed by atoms with Crippen LogP contribution in [0.15, 0.2) is 45.9 Å². The van der Waals surface area contributed by atoms with Gasteiger partial charge in [-0.25, -0.2) is 17.9 Å². The molecule has 2 rings (SSSR count). The highest BCUT2D eigenvalue weighted by atomic mass is 32.2. The summed E-state index contributed by atoms with van der Waals surface area (Å²) < 4.78 is 37.0. The Hall–Kier alpha value is -2.65. The summed E-state index contributed by atoms with van der Waals surface area (Å²) in [6.07, 6.45) is 1.44. The number of ether oxygens (including phenoxy) is 1. The van der Waals surface area contributed by atoms with Gasteiger partial charge in [-0.15, -0.1) is 0 Å². The van der Waals surface area contributed by atoms with Crippen molar-refractivity contribution >= 4 is 21.9 Å². The van der Waals surface area contributed by atoms with Gasteiger partial charge in [-0.1, -0.05) is 6.07 Å². The molecule has 2 aromatic rings. The highest BCUT2D eigenvalue weighted by Gasteiger charge is 2.19. The molecule has 0 aliphatic heterocycles. The Kier molecular flexibility index (Phi) is 5.94. The van der Waals surface area contributed by atoms with Crippen LogP contribution >= 0.6 is 0 Å². The van der Waals surface area contributed by atoms with Crippen LogP contribution in [-0.2, 0) is 26.1 Å². The third-order valence-electron chi connectivity index (χ3n) is 3.37. The molecule has 25 heavy (non-hydrogen) atoms. The van der Waals surface area contributed by atoms with Gasteiger partial charge in [0.15, 0.2) is 6.61 Å². The zero-order valence-corrected chi connectivity index (χ0v) is 14.6. The maximum Gasteiger partial charge on any atom is 0.338 e. The van der Waals surface area contributed by atoms with E-state index in [0.29, 0.717) is 11.3 Å². The predicted molar refractivity (Wildman–Crippen MR) is 88.3 cm³/mol. The van der Waals surface area contributed by atoms with Crippen LogP contribution < -0.4 is 10.0 Å².